The van der Waals surface area contributed by atoms with Gasteiger partial charge in [0, 0.05) is 40.0 Å². The van der Waals surface area contributed by atoms with E-state index in [1.165, 1.54) is 11.3 Å². The molecule has 0 aromatic heterocycles. The Kier molecular flexibility index (Phi) is 11.1. The molecule has 0 spiro atoms. The maximum atomic E-state index is 5.60. The molecule has 1 unspecified atom stereocenters. The van der Waals surface area contributed by atoms with Gasteiger partial charge in [-0.05, 0) is 30.0 Å². The van der Waals surface area contributed by atoms with Crippen LogP contribution < -0.4 is 15.5 Å². The zero-order valence-electron chi connectivity index (χ0n) is 16.7. The number of hydrogen-bond donors (Lipinski definition) is 2. The van der Waals surface area contributed by atoms with Crippen LogP contribution >= 0.6 is 24.0 Å². The molecule has 0 heterocycles. The Labute approximate surface area is 170 Å². The van der Waals surface area contributed by atoms with Crippen molar-refractivity contribution in [3.05, 3.63) is 29.8 Å². The van der Waals surface area contributed by atoms with Crippen LogP contribution in [0.15, 0.2) is 29.3 Å². The number of guanidine groups is 1. The predicted molar refractivity (Wildman–Crippen MR) is 119 cm³/mol. The normalized spacial score (nSPS) is 13.0. The van der Waals surface area contributed by atoms with Crippen molar-refractivity contribution < 1.29 is 4.74 Å². The number of ether oxygens (including phenoxy) is 1. The van der Waals surface area contributed by atoms with Crippen molar-refractivity contribution in [2.75, 3.05) is 39.2 Å². The third-order valence-electron chi connectivity index (χ3n) is 3.90. The van der Waals surface area contributed by atoms with Crippen molar-refractivity contribution in [1.29, 1.82) is 0 Å². The summed E-state index contributed by atoms with van der Waals surface area (Å²) in [5.74, 6) is 0.819. The SMILES string of the molecule is CCNC(=NCc1cccc(N(C)C)c1)NCC(OC)C(C)(C)C.I. The van der Waals surface area contributed by atoms with Crippen molar-refractivity contribution >= 4 is 35.6 Å². The highest BCUT2D eigenvalue weighted by atomic mass is 127. The van der Waals surface area contributed by atoms with Gasteiger partial charge in [0.15, 0.2) is 5.96 Å². The first-order chi connectivity index (χ1) is 11.3. The van der Waals surface area contributed by atoms with Gasteiger partial charge in [-0.2, -0.15) is 0 Å². The molecule has 25 heavy (non-hydrogen) atoms. The van der Waals surface area contributed by atoms with Gasteiger partial charge in [0.05, 0.1) is 12.6 Å². The summed E-state index contributed by atoms with van der Waals surface area (Å²) in [4.78, 5) is 6.79. The molecule has 0 radical (unpaired) electrons. The third-order valence-corrected chi connectivity index (χ3v) is 3.90. The van der Waals surface area contributed by atoms with Gasteiger partial charge in [-0.15, -0.1) is 24.0 Å². The molecule has 0 bridgehead atoms. The Morgan fingerprint density at radius 1 is 1.24 bits per heavy atom. The molecule has 5 nitrogen and oxygen atoms in total. The van der Waals surface area contributed by atoms with Crippen LogP contribution in [-0.2, 0) is 11.3 Å². The van der Waals surface area contributed by atoms with E-state index in [4.69, 9.17) is 9.73 Å². The molecule has 0 fully saturated rings. The highest BCUT2D eigenvalue weighted by Gasteiger charge is 2.24. The molecule has 6 heteroatoms. The average Bonchev–Trinajstić information content (AvgIpc) is 2.52. The number of halogens is 1. The van der Waals surface area contributed by atoms with E-state index in [1.807, 2.05) is 14.1 Å². The monoisotopic (exact) mass is 462 g/mol. The molecular weight excluding hydrogens is 427 g/mol. The lowest BCUT2D eigenvalue weighted by molar-refractivity contribution is 0.0205. The molecule has 0 saturated heterocycles. The maximum absolute atomic E-state index is 5.60. The predicted octanol–water partition coefficient (Wildman–Crippen LogP) is 3.49. The first-order valence-corrected chi connectivity index (χ1v) is 8.59. The van der Waals surface area contributed by atoms with Crippen LogP contribution in [0.1, 0.15) is 33.3 Å². The van der Waals surface area contributed by atoms with Gasteiger partial charge >= 0.3 is 0 Å². The molecule has 0 amide bonds. The zero-order chi connectivity index (χ0) is 18.2. The summed E-state index contributed by atoms with van der Waals surface area (Å²) in [6, 6.07) is 8.44. The summed E-state index contributed by atoms with van der Waals surface area (Å²) in [6.45, 7) is 10.8. The summed E-state index contributed by atoms with van der Waals surface area (Å²) in [5.41, 5.74) is 2.46. The van der Waals surface area contributed by atoms with Gasteiger partial charge < -0.3 is 20.3 Å². The summed E-state index contributed by atoms with van der Waals surface area (Å²) in [7, 11) is 5.85. The van der Waals surface area contributed by atoms with Gasteiger partial charge in [0.2, 0.25) is 0 Å². The number of methoxy groups -OCH3 is 1. The molecule has 1 aromatic rings. The van der Waals surface area contributed by atoms with E-state index in [0.29, 0.717) is 6.54 Å². The minimum absolute atomic E-state index is 0. The quantitative estimate of drug-likeness (QED) is 0.370. The lowest BCUT2D eigenvalue weighted by Crippen LogP contribution is -2.45. The maximum Gasteiger partial charge on any atom is 0.191 e. The van der Waals surface area contributed by atoms with Crippen molar-refractivity contribution in [3.63, 3.8) is 0 Å². The summed E-state index contributed by atoms with van der Waals surface area (Å²) in [6.07, 6.45) is 0.124. The summed E-state index contributed by atoms with van der Waals surface area (Å²) < 4.78 is 5.60. The number of anilines is 1. The van der Waals surface area contributed by atoms with Crippen LogP contribution in [0.3, 0.4) is 0 Å². The minimum Gasteiger partial charge on any atom is -0.379 e. The van der Waals surface area contributed by atoms with E-state index in [1.54, 1.807) is 7.11 Å². The third kappa shape index (κ3) is 8.76. The van der Waals surface area contributed by atoms with Crippen LogP contribution in [0.4, 0.5) is 5.69 Å². The smallest absolute Gasteiger partial charge is 0.191 e. The first-order valence-electron chi connectivity index (χ1n) is 8.59. The molecule has 0 aliphatic carbocycles. The van der Waals surface area contributed by atoms with E-state index < -0.39 is 0 Å². The second-order valence-electron chi connectivity index (χ2n) is 7.23. The van der Waals surface area contributed by atoms with Crippen LogP contribution in [-0.4, -0.2) is 46.4 Å². The van der Waals surface area contributed by atoms with Gasteiger partial charge in [-0.25, -0.2) is 4.99 Å². The fraction of sp³-hybridized carbons (Fsp3) is 0.632. The number of hydrogen-bond acceptors (Lipinski definition) is 3. The van der Waals surface area contributed by atoms with Gasteiger partial charge in [-0.3, -0.25) is 0 Å². The fourth-order valence-electron chi connectivity index (χ4n) is 2.38. The van der Waals surface area contributed by atoms with E-state index in [2.05, 4.69) is 67.5 Å². The average molecular weight is 462 g/mol. The number of aliphatic imine (C=N–C) groups is 1. The summed E-state index contributed by atoms with van der Waals surface area (Å²) in [5, 5.41) is 6.68. The van der Waals surface area contributed by atoms with Crippen LogP contribution in [0.25, 0.3) is 0 Å². The van der Waals surface area contributed by atoms with E-state index >= 15 is 0 Å². The topological polar surface area (TPSA) is 48.9 Å². The van der Waals surface area contributed by atoms with Crippen LogP contribution in [0.2, 0.25) is 0 Å². The van der Waals surface area contributed by atoms with Gasteiger partial charge in [0.1, 0.15) is 0 Å². The van der Waals surface area contributed by atoms with Crippen molar-refractivity contribution in [2.45, 2.75) is 40.3 Å². The number of nitrogens with one attached hydrogen (secondary N) is 2. The lowest BCUT2D eigenvalue weighted by atomic mass is 9.89. The van der Waals surface area contributed by atoms with E-state index in [-0.39, 0.29) is 35.5 Å². The molecule has 0 aliphatic heterocycles. The molecule has 1 aromatic carbocycles. The second kappa shape index (κ2) is 11.6. The molecule has 2 N–H and O–H groups in total. The summed E-state index contributed by atoms with van der Waals surface area (Å²) >= 11 is 0. The van der Waals surface area contributed by atoms with E-state index in [9.17, 15) is 0 Å². The van der Waals surface area contributed by atoms with Crippen LogP contribution in [0.5, 0.6) is 0 Å². The zero-order valence-corrected chi connectivity index (χ0v) is 19.0. The lowest BCUT2D eigenvalue weighted by Gasteiger charge is -2.30. The highest BCUT2D eigenvalue weighted by molar-refractivity contribution is 14.0. The molecule has 1 atom stereocenters. The largest absolute Gasteiger partial charge is 0.379 e. The molecule has 0 saturated carbocycles. The standard InChI is InChI=1S/C19H34N4O.HI/c1-8-20-18(22-14-17(24-7)19(2,3)4)21-13-15-10-9-11-16(12-15)23(5)6;/h9-12,17H,8,13-14H2,1-7H3,(H2,20,21,22);1H. The molecule has 1 rings (SSSR count). The molecule has 0 aliphatic rings. The van der Waals surface area contributed by atoms with Crippen molar-refractivity contribution in [1.82, 2.24) is 10.6 Å². The number of benzene rings is 1. The fourth-order valence-corrected chi connectivity index (χ4v) is 2.38. The minimum atomic E-state index is 0. The van der Waals surface area contributed by atoms with Gasteiger partial charge in [0.25, 0.3) is 0 Å². The first kappa shape index (κ1) is 24.0. The molecule has 144 valence electrons. The second-order valence-corrected chi connectivity index (χ2v) is 7.23. The van der Waals surface area contributed by atoms with Crippen molar-refractivity contribution in [2.24, 2.45) is 10.4 Å². The Bertz CT molecular complexity index is 526. The Morgan fingerprint density at radius 3 is 2.44 bits per heavy atom. The molecular formula is C19H35IN4O. The Morgan fingerprint density at radius 2 is 1.92 bits per heavy atom. The number of nitrogens with zero attached hydrogens (tertiary/aromatic N) is 2. The van der Waals surface area contributed by atoms with Gasteiger partial charge in [-0.1, -0.05) is 32.9 Å². The van der Waals surface area contributed by atoms with E-state index in [0.717, 1.165) is 19.0 Å². The van der Waals surface area contributed by atoms with Crippen LogP contribution in [0, 0.1) is 5.41 Å². The Balaban J connectivity index is 0.00000576. The Hall–Kier alpha value is -1.02. The van der Waals surface area contributed by atoms with Crippen molar-refractivity contribution in [3.8, 4) is 0 Å². The highest BCUT2D eigenvalue weighted by Crippen LogP contribution is 2.21. The number of rotatable bonds is 7.